The van der Waals surface area contributed by atoms with Crippen LogP contribution >= 0.6 is 0 Å². The number of imide groups is 1. The van der Waals surface area contributed by atoms with Gasteiger partial charge in [-0.3, -0.25) is 4.79 Å². The van der Waals surface area contributed by atoms with E-state index in [1.54, 1.807) is 48.5 Å². The molecule has 0 spiro atoms. The Balaban J connectivity index is 1.77. The van der Waals surface area contributed by atoms with Crippen molar-refractivity contribution in [3.05, 3.63) is 71.8 Å². The smallest absolute Gasteiger partial charge is 0.417 e. The van der Waals surface area contributed by atoms with Crippen LogP contribution in [0.5, 0.6) is 0 Å². The number of ether oxygens (including phenoxy) is 1. The van der Waals surface area contributed by atoms with Gasteiger partial charge in [-0.05, 0) is 24.1 Å². The van der Waals surface area contributed by atoms with Gasteiger partial charge in [0, 0.05) is 5.56 Å². The first-order chi connectivity index (χ1) is 12.4. The molecule has 2 aromatic carbocycles. The van der Waals surface area contributed by atoms with Gasteiger partial charge in [0.2, 0.25) is 0 Å². The van der Waals surface area contributed by atoms with Crippen LogP contribution in [0.25, 0.3) is 0 Å². The molecular formula is C19H16F3NO3. The van der Waals surface area contributed by atoms with Gasteiger partial charge in [-0.1, -0.05) is 48.5 Å². The summed E-state index contributed by atoms with van der Waals surface area (Å²) in [5.74, 6) is -2.50. The van der Waals surface area contributed by atoms with Crippen LogP contribution in [0.15, 0.2) is 60.7 Å². The van der Waals surface area contributed by atoms with Crippen LogP contribution in [0.1, 0.15) is 22.3 Å². The molecule has 7 heteroatoms. The Morgan fingerprint density at radius 1 is 1.00 bits per heavy atom. The van der Waals surface area contributed by atoms with Gasteiger partial charge >= 0.3 is 12.3 Å². The molecule has 1 fully saturated rings. The predicted molar refractivity (Wildman–Crippen MR) is 87.2 cm³/mol. The number of alkyl halides is 3. The topological polar surface area (TPSA) is 46.6 Å². The Morgan fingerprint density at radius 2 is 1.58 bits per heavy atom. The first-order valence-corrected chi connectivity index (χ1v) is 8.04. The summed E-state index contributed by atoms with van der Waals surface area (Å²) < 4.78 is 43.9. The molecule has 0 aliphatic heterocycles. The molecule has 0 radical (unpaired) electrons. The van der Waals surface area contributed by atoms with E-state index in [9.17, 15) is 22.8 Å². The monoisotopic (exact) mass is 363 g/mol. The Bertz CT molecular complexity index is 778. The lowest BCUT2D eigenvalue weighted by atomic mass is 10.2. The van der Waals surface area contributed by atoms with Crippen molar-refractivity contribution in [2.45, 2.75) is 25.2 Å². The predicted octanol–water partition coefficient (Wildman–Crippen LogP) is 4.42. The molecular weight excluding hydrogens is 347 g/mol. The maximum absolute atomic E-state index is 12.9. The van der Waals surface area contributed by atoms with Gasteiger partial charge in [-0.2, -0.15) is 13.2 Å². The average Bonchev–Trinajstić information content (AvgIpc) is 3.42. The summed E-state index contributed by atoms with van der Waals surface area (Å²) in [6.07, 6.45) is -5.83. The Labute approximate surface area is 148 Å². The summed E-state index contributed by atoms with van der Waals surface area (Å²) in [6, 6.07) is 15.2. The van der Waals surface area contributed by atoms with E-state index in [0.717, 1.165) is 0 Å². The number of benzene rings is 2. The van der Waals surface area contributed by atoms with Gasteiger partial charge in [-0.25, -0.2) is 9.69 Å². The van der Waals surface area contributed by atoms with Crippen molar-refractivity contribution in [1.82, 2.24) is 4.90 Å². The largest absolute Gasteiger partial charge is 0.444 e. The van der Waals surface area contributed by atoms with Gasteiger partial charge < -0.3 is 4.74 Å². The van der Waals surface area contributed by atoms with Crippen LogP contribution in [-0.2, 0) is 11.3 Å². The zero-order valence-corrected chi connectivity index (χ0v) is 13.6. The fourth-order valence-corrected chi connectivity index (χ4v) is 2.70. The molecule has 4 nitrogen and oxygen atoms in total. The second kappa shape index (κ2) is 7.19. The van der Waals surface area contributed by atoms with Crippen molar-refractivity contribution in [3.8, 4) is 0 Å². The van der Waals surface area contributed by atoms with E-state index < -0.39 is 30.1 Å². The molecule has 3 rings (SSSR count). The number of carbonyl (C=O) groups is 2. The Hall–Kier alpha value is -2.83. The van der Waals surface area contributed by atoms with Gasteiger partial charge in [0.1, 0.15) is 6.61 Å². The average molecular weight is 363 g/mol. The molecule has 2 amide bonds. The molecule has 2 aromatic rings. The highest BCUT2D eigenvalue weighted by Crippen LogP contribution is 2.48. The molecule has 0 heterocycles. The van der Waals surface area contributed by atoms with Gasteiger partial charge in [0.15, 0.2) is 0 Å². The Kier molecular flexibility index (Phi) is 4.97. The van der Waals surface area contributed by atoms with Crippen molar-refractivity contribution >= 4 is 12.0 Å². The van der Waals surface area contributed by atoms with Crippen LogP contribution in [-0.4, -0.2) is 29.1 Å². The third kappa shape index (κ3) is 4.04. The number of rotatable bonds is 4. The first-order valence-electron chi connectivity index (χ1n) is 8.04. The van der Waals surface area contributed by atoms with Gasteiger partial charge in [0.05, 0.1) is 12.0 Å². The van der Waals surface area contributed by atoms with Crippen LogP contribution in [0.2, 0.25) is 0 Å². The van der Waals surface area contributed by atoms with Crippen LogP contribution in [0.4, 0.5) is 18.0 Å². The molecule has 1 aliphatic rings. The lowest BCUT2D eigenvalue weighted by Crippen LogP contribution is -2.41. The molecule has 1 aliphatic carbocycles. The second-order valence-corrected chi connectivity index (χ2v) is 6.03. The highest BCUT2D eigenvalue weighted by Gasteiger charge is 2.60. The molecule has 0 saturated heterocycles. The normalized spacial score (nSPS) is 18.9. The number of nitrogens with zero attached hydrogens (tertiary/aromatic N) is 1. The van der Waals surface area contributed by atoms with Crippen molar-refractivity contribution in [2.75, 3.05) is 0 Å². The van der Waals surface area contributed by atoms with E-state index in [1.807, 2.05) is 0 Å². The van der Waals surface area contributed by atoms with Gasteiger partial charge in [-0.15, -0.1) is 0 Å². The number of halogens is 3. The Morgan fingerprint density at radius 3 is 2.12 bits per heavy atom. The zero-order chi connectivity index (χ0) is 18.7. The zero-order valence-electron chi connectivity index (χ0n) is 13.6. The van der Waals surface area contributed by atoms with Crippen molar-refractivity contribution in [3.63, 3.8) is 0 Å². The quantitative estimate of drug-likeness (QED) is 0.808. The molecule has 136 valence electrons. The third-order valence-electron chi connectivity index (χ3n) is 4.15. The fraction of sp³-hybridized carbons (Fsp3) is 0.263. The first kappa shape index (κ1) is 18.0. The molecule has 26 heavy (non-hydrogen) atoms. The van der Waals surface area contributed by atoms with Crippen molar-refractivity contribution < 1.29 is 27.5 Å². The minimum absolute atomic E-state index is 0.123. The fourth-order valence-electron chi connectivity index (χ4n) is 2.70. The molecule has 2 atom stereocenters. The minimum atomic E-state index is -4.46. The second-order valence-electron chi connectivity index (χ2n) is 6.03. The minimum Gasteiger partial charge on any atom is -0.444 e. The number of hydrogen-bond donors (Lipinski definition) is 0. The van der Waals surface area contributed by atoms with E-state index in [2.05, 4.69) is 0 Å². The van der Waals surface area contributed by atoms with E-state index in [4.69, 9.17) is 4.74 Å². The van der Waals surface area contributed by atoms with Crippen LogP contribution in [0, 0.1) is 5.92 Å². The maximum Gasteiger partial charge on any atom is 0.417 e. The highest BCUT2D eigenvalue weighted by molar-refractivity contribution is 6.03. The van der Waals surface area contributed by atoms with E-state index >= 15 is 0 Å². The number of hydrogen-bond acceptors (Lipinski definition) is 3. The summed E-state index contributed by atoms with van der Waals surface area (Å²) in [6.45, 7) is -0.123. The highest BCUT2D eigenvalue weighted by atomic mass is 19.4. The third-order valence-corrected chi connectivity index (χ3v) is 4.15. The molecule has 1 saturated carbocycles. The summed E-state index contributed by atoms with van der Waals surface area (Å²) >= 11 is 0. The van der Waals surface area contributed by atoms with E-state index in [1.165, 1.54) is 12.1 Å². The van der Waals surface area contributed by atoms with E-state index in [-0.39, 0.29) is 18.6 Å². The number of amides is 2. The summed E-state index contributed by atoms with van der Waals surface area (Å²) in [5.41, 5.74) is 0.813. The van der Waals surface area contributed by atoms with Crippen LogP contribution < -0.4 is 0 Å². The molecule has 0 N–H and O–H groups in total. The number of carbonyl (C=O) groups excluding carboxylic acids is 2. The maximum atomic E-state index is 12.9. The van der Waals surface area contributed by atoms with Crippen molar-refractivity contribution in [1.29, 1.82) is 0 Å². The lowest BCUT2D eigenvalue weighted by Gasteiger charge is -2.21. The van der Waals surface area contributed by atoms with Crippen molar-refractivity contribution in [2.24, 2.45) is 5.92 Å². The molecule has 0 bridgehead atoms. The summed E-state index contributed by atoms with van der Waals surface area (Å²) in [7, 11) is 0. The van der Waals surface area contributed by atoms with Crippen LogP contribution in [0.3, 0.4) is 0 Å². The van der Waals surface area contributed by atoms with Gasteiger partial charge in [0.25, 0.3) is 5.91 Å². The summed E-state index contributed by atoms with van der Waals surface area (Å²) in [5, 5.41) is 0. The SMILES string of the molecule is O=C(OCc1ccccc1)N(C(=O)c1ccccc1)[C@@H]1C[C@H]1C(F)(F)F. The molecule has 0 aromatic heterocycles. The summed E-state index contributed by atoms with van der Waals surface area (Å²) in [4.78, 5) is 25.6. The standard InChI is InChI=1S/C19H16F3NO3/c20-19(21,22)15-11-16(15)23(17(24)14-9-5-2-6-10-14)18(25)26-12-13-7-3-1-4-8-13/h1-10,15-16H,11-12H2/t15-,16-/m1/s1. The molecule has 0 unspecified atom stereocenters. The lowest BCUT2D eigenvalue weighted by molar-refractivity contribution is -0.150. The van der Waals surface area contributed by atoms with E-state index in [0.29, 0.717) is 10.5 Å².